The molecular formula is C8H12BrN3OS. The van der Waals surface area contributed by atoms with Gasteiger partial charge >= 0.3 is 0 Å². The predicted octanol–water partition coefficient (Wildman–Crippen LogP) is 1.69. The Morgan fingerprint density at radius 1 is 1.71 bits per heavy atom. The van der Waals surface area contributed by atoms with Crippen molar-refractivity contribution in [2.24, 2.45) is 0 Å². The lowest BCUT2D eigenvalue weighted by Crippen LogP contribution is -2.38. The predicted molar refractivity (Wildman–Crippen MR) is 58.4 cm³/mol. The number of hydrogen-bond acceptors (Lipinski definition) is 5. The number of nitrogens with zero attached hydrogens (tertiary/aromatic N) is 3. The summed E-state index contributed by atoms with van der Waals surface area (Å²) in [6, 6.07) is 0. The van der Waals surface area contributed by atoms with E-state index < -0.39 is 0 Å². The molecule has 1 aromatic heterocycles. The highest BCUT2D eigenvalue weighted by Gasteiger charge is 2.24. The normalized spacial score (nSPS) is 24.0. The van der Waals surface area contributed by atoms with Crippen LogP contribution in [0.25, 0.3) is 0 Å². The molecule has 2 heterocycles. The summed E-state index contributed by atoms with van der Waals surface area (Å²) in [6.45, 7) is 5.91. The van der Waals surface area contributed by atoms with E-state index in [1.54, 1.807) is 0 Å². The Morgan fingerprint density at radius 3 is 3.21 bits per heavy atom. The van der Waals surface area contributed by atoms with Gasteiger partial charge < -0.3 is 4.74 Å². The summed E-state index contributed by atoms with van der Waals surface area (Å²) >= 11 is 4.67. The van der Waals surface area contributed by atoms with Crippen LogP contribution in [-0.4, -0.2) is 40.5 Å². The van der Waals surface area contributed by atoms with Crippen molar-refractivity contribution in [1.82, 2.24) is 14.3 Å². The molecule has 1 saturated heterocycles. The van der Waals surface area contributed by atoms with Crippen molar-refractivity contribution in [3.63, 3.8) is 0 Å². The molecule has 6 heteroatoms. The first-order chi connectivity index (χ1) is 6.79. The molecule has 0 radical (unpaired) electrons. The van der Waals surface area contributed by atoms with Crippen LogP contribution < -0.4 is 0 Å². The van der Waals surface area contributed by atoms with E-state index in [2.05, 4.69) is 37.1 Å². The van der Waals surface area contributed by atoms with E-state index in [-0.39, 0.29) is 6.10 Å². The second-order valence-corrected chi connectivity index (χ2v) is 5.19. The molecule has 0 spiro atoms. The Kier molecular flexibility index (Phi) is 3.48. The molecule has 0 bridgehead atoms. The van der Waals surface area contributed by atoms with E-state index in [1.165, 1.54) is 11.5 Å². The minimum Gasteiger partial charge on any atom is -0.367 e. The van der Waals surface area contributed by atoms with Crippen molar-refractivity contribution in [2.75, 3.05) is 26.2 Å². The summed E-state index contributed by atoms with van der Waals surface area (Å²) in [5.41, 5.74) is 0. The van der Waals surface area contributed by atoms with Crippen molar-refractivity contribution in [3.05, 3.63) is 9.74 Å². The quantitative estimate of drug-likeness (QED) is 0.825. The van der Waals surface area contributed by atoms with Gasteiger partial charge in [-0.05, 0) is 34.0 Å². The third kappa shape index (κ3) is 2.31. The van der Waals surface area contributed by atoms with Crippen molar-refractivity contribution in [2.45, 2.75) is 13.0 Å². The first kappa shape index (κ1) is 10.5. The molecule has 4 nitrogen and oxygen atoms in total. The molecule has 1 atom stereocenters. The van der Waals surface area contributed by atoms with Crippen LogP contribution in [-0.2, 0) is 4.74 Å². The maximum absolute atomic E-state index is 5.63. The summed E-state index contributed by atoms with van der Waals surface area (Å²) in [5, 5.41) is 0. The maximum Gasteiger partial charge on any atom is 0.179 e. The number of morpholine rings is 1. The van der Waals surface area contributed by atoms with Crippen molar-refractivity contribution < 1.29 is 4.74 Å². The third-order valence-electron chi connectivity index (χ3n) is 2.30. The Balaban J connectivity index is 2.04. The monoisotopic (exact) mass is 277 g/mol. The molecule has 2 rings (SSSR count). The second-order valence-electron chi connectivity index (χ2n) is 3.16. The first-order valence-electron chi connectivity index (χ1n) is 4.62. The standard InChI is InChI=1S/C8H12BrN3OS/c1-2-12-3-4-13-6(5-12)7-10-8(9)14-11-7/h6H,2-5H2,1H3. The lowest BCUT2D eigenvalue weighted by molar-refractivity contribution is -0.0320. The molecule has 0 saturated carbocycles. The van der Waals surface area contributed by atoms with Gasteiger partial charge in [0.15, 0.2) is 9.74 Å². The maximum atomic E-state index is 5.63. The van der Waals surface area contributed by atoms with E-state index in [4.69, 9.17) is 4.74 Å². The Morgan fingerprint density at radius 2 is 2.57 bits per heavy atom. The van der Waals surface area contributed by atoms with E-state index in [9.17, 15) is 0 Å². The molecular weight excluding hydrogens is 266 g/mol. The molecule has 1 aliphatic heterocycles. The number of aromatic nitrogens is 2. The zero-order valence-corrected chi connectivity index (χ0v) is 10.3. The average molecular weight is 278 g/mol. The number of halogens is 1. The van der Waals surface area contributed by atoms with Crippen LogP contribution in [0, 0.1) is 0 Å². The third-order valence-corrected chi connectivity index (χ3v) is 3.43. The summed E-state index contributed by atoms with van der Waals surface area (Å²) in [5.74, 6) is 0.806. The van der Waals surface area contributed by atoms with Crippen molar-refractivity contribution in [3.8, 4) is 0 Å². The van der Waals surface area contributed by atoms with Crippen LogP contribution in [0.1, 0.15) is 18.9 Å². The van der Waals surface area contributed by atoms with Crippen LogP contribution in [0.3, 0.4) is 0 Å². The Hall–Kier alpha value is -0.0400. The summed E-state index contributed by atoms with van der Waals surface area (Å²) < 4.78 is 10.7. The fraction of sp³-hybridized carbons (Fsp3) is 0.750. The highest BCUT2D eigenvalue weighted by Crippen LogP contribution is 2.22. The highest BCUT2D eigenvalue weighted by molar-refractivity contribution is 9.11. The summed E-state index contributed by atoms with van der Waals surface area (Å²) in [6.07, 6.45) is 0.0475. The van der Waals surface area contributed by atoms with Crippen LogP contribution in [0.4, 0.5) is 0 Å². The minimum absolute atomic E-state index is 0.0475. The van der Waals surface area contributed by atoms with Crippen molar-refractivity contribution >= 4 is 27.5 Å². The fourth-order valence-electron chi connectivity index (χ4n) is 1.49. The highest BCUT2D eigenvalue weighted by atomic mass is 79.9. The van der Waals surface area contributed by atoms with Crippen LogP contribution >= 0.6 is 27.5 Å². The molecule has 1 unspecified atom stereocenters. The molecule has 14 heavy (non-hydrogen) atoms. The summed E-state index contributed by atoms with van der Waals surface area (Å²) in [4.78, 5) is 6.63. The van der Waals surface area contributed by atoms with Gasteiger partial charge in [-0.25, -0.2) is 4.98 Å². The molecule has 1 aliphatic rings. The first-order valence-corrected chi connectivity index (χ1v) is 6.19. The van der Waals surface area contributed by atoms with Gasteiger partial charge in [0.1, 0.15) is 6.10 Å². The van der Waals surface area contributed by atoms with Gasteiger partial charge in [-0.15, -0.1) is 0 Å². The number of likely N-dealkylation sites (N-methyl/N-ethyl adjacent to an activating group) is 1. The molecule has 1 aromatic rings. The van der Waals surface area contributed by atoms with Crippen LogP contribution in [0.2, 0.25) is 0 Å². The van der Waals surface area contributed by atoms with Gasteiger partial charge in [-0.3, -0.25) is 4.90 Å². The smallest absolute Gasteiger partial charge is 0.179 e. The molecule has 1 fully saturated rings. The van der Waals surface area contributed by atoms with Crippen LogP contribution in [0.15, 0.2) is 3.92 Å². The molecule has 0 aromatic carbocycles. The van der Waals surface area contributed by atoms with Gasteiger partial charge in [-0.1, -0.05) is 6.92 Å². The Labute approximate surface area is 95.6 Å². The second kappa shape index (κ2) is 4.65. The van der Waals surface area contributed by atoms with Gasteiger partial charge in [0.25, 0.3) is 0 Å². The minimum atomic E-state index is 0.0475. The number of rotatable bonds is 2. The lowest BCUT2D eigenvalue weighted by atomic mass is 10.2. The zero-order chi connectivity index (χ0) is 9.97. The van der Waals surface area contributed by atoms with Gasteiger partial charge in [0.05, 0.1) is 6.61 Å². The fourth-order valence-corrected chi connectivity index (χ4v) is 2.35. The molecule has 0 N–H and O–H groups in total. The molecule has 78 valence electrons. The number of hydrogen-bond donors (Lipinski definition) is 0. The van der Waals surface area contributed by atoms with Gasteiger partial charge in [0.2, 0.25) is 0 Å². The van der Waals surface area contributed by atoms with E-state index in [1.807, 2.05) is 0 Å². The summed E-state index contributed by atoms with van der Waals surface area (Å²) in [7, 11) is 0. The van der Waals surface area contributed by atoms with Gasteiger partial charge in [0, 0.05) is 13.1 Å². The van der Waals surface area contributed by atoms with E-state index in [0.29, 0.717) is 0 Å². The Bertz CT molecular complexity index is 307. The average Bonchev–Trinajstić information content (AvgIpc) is 2.65. The largest absolute Gasteiger partial charge is 0.367 e. The van der Waals surface area contributed by atoms with Gasteiger partial charge in [-0.2, -0.15) is 4.37 Å². The van der Waals surface area contributed by atoms with E-state index >= 15 is 0 Å². The SMILES string of the molecule is CCN1CCOC(c2nsc(Br)n2)C1. The zero-order valence-electron chi connectivity index (χ0n) is 7.94. The lowest BCUT2D eigenvalue weighted by Gasteiger charge is -2.30. The van der Waals surface area contributed by atoms with E-state index in [0.717, 1.165) is 36.0 Å². The number of ether oxygens (including phenoxy) is 1. The molecule has 0 amide bonds. The topological polar surface area (TPSA) is 38.2 Å². The van der Waals surface area contributed by atoms with Crippen molar-refractivity contribution in [1.29, 1.82) is 0 Å². The molecule has 0 aliphatic carbocycles. The van der Waals surface area contributed by atoms with Crippen LogP contribution in [0.5, 0.6) is 0 Å².